The van der Waals surface area contributed by atoms with E-state index in [1.807, 2.05) is 0 Å². The molecule has 1 N–H and O–H groups in total. The van der Waals surface area contributed by atoms with Crippen molar-refractivity contribution in [3.8, 4) is 11.4 Å². The highest BCUT2D eigenvalue weighted by Gasteiger charge is 2.28. The molecule has 3 aromatic heterocycles. The van der Waals surface area contributed by atoms with Crippen molar-refractivity contribution in [1.82, 2.24) is 14.5 Å². The van der Waals surface area contributed by atoms with Gasteiger partial charge in [0.15, 0.2) is 5.84 Å². The minimum Gasteiger partial charge on any atom is -0.456 e. The molecule has 1 aliphatic heterocycles. The Hall–Kier alpha value is -8.48. The SMILES string of the molecule is C1=CC2C=CC(C3=NC(c4cccc5oc6cc(-n7c8ccccc8c8cc9c%10ccccc%10n(-c%10ccccc%10)c9cc87)ccc6c45)NC(c4ccc5ccccc5c4)=N3)=CC2C=C1. The molecule has 0 saturated heterocycles. The molecule has 14 rings (SSSR count). The lowest BCUT2D eigenvalue weighted by molar-refractivity contribution is 0.653. The van der Waals surface area contributed by atoms with E-state index in [1.54, 1.807) is 0 Å². The van der Waals surface area contributed by atoms with Crippen LogP contribution in [0.25, 0.3) is 87.7 Å². The number of benzene rings is 8. The maximum absolute atomic E-state index is 6.84. The quantitative estimate of drug-likeness (QED) is 0.188. The summed E-state index contributed by atoms with van der Waals surface area (Å²) in [5.74, 6) is 2.11. The lowest BCUT2D eigenvalue weighted by atomic mass is 9.83. The van der Waals surface area contributed by atoms with Crippen molar-refractivity contribution in [1.29, 1.82) is 0 Å². The third kappa shape index (κ3) is 5.60. The van der Waals surface area contributed by atoms with E-state index in [0.717, 1.165) is 66.9 Å². The zero-order chi connectivity index (χ0) is 42.6. The Balaban J connectivity index is 0.930. The summed E-state index contributed by atoms with van der Waals surface area (Å²) in [5, 5.41) is 13.1. The van der Waals surface area contributed by atoms with Gasteiger partial charge in [-0.05, 0) is 71.4 Å². The second kappa shape index (κ2) is 14.0. The first kappa shape index (κ1) is 36.0. The van der Waals surface area contributed by atoms with Crippen LogP contribution in [0.4, 0.5) is 0 Å². The van der Waals surface area contributed by atoms with Crippen LogP contribution < -0.4 is 5.32 Å². The second-order valence-corrected chi connectivity index (χ2v) is 17.4. The van der Waals surface area contributed by atoms with Crippen molar-refractivity contribution < 1.29 is 4.42 Å². The number of hydrogen-bond donors (Lipinski definition) is 1. The van der Waals surface area contributed by atoms with Gasteiger partial charge in [-0.3, -0.25) is 0 Å². The highest BCUT2D eigenvalue weighted by atomic mass is 16.3. The number of aromatic nitrogens is 2. The summed E-state index contributed by atoms with van der Waals surface area (Å²) in [4.78, 5) is 10.6. The molecule has 0 bridgehead atoms. The molecular formula is C59H39N5O. The summed E-state index contributed by atoms with van der Waals surface area (Å²) in [6.45, 7) is 0. The van der Waals surface area contributed by atoms with Gasteiger partial charge in [0.25, 0.3) is 0 Å². The first-order valence-corrected chi connectivity index (χ1v) is 22.4. The van der Waals surface area contributed by atoms with Crippen molar-refractivity contribution in [2.24, 2.45) is 21.8 Å². The molecule has 6 nitrogen and oxygen atoms in total. The predicted octanol–water partition coefficient (Wildman–Crippen LogP) is 14.2. The van der Waals surface area contributed by atoms with Gasteiger partial charge in [-0.25, -0.2) is 9.98 Å². The van der Waals surface area contributed by atoms with Crippen molar-refractivity contribution in [2.75, 3.05) is 0 Å². The van der Waals surface area contributed by atoms with E-state index >= 15 is 0 Å². The molecule has 2 aliphatic carbocycles. The summed E-state index contributed by atoms with van der Waals surface area (Å²) in [5.41, 5.74) is 11.5. The number of nitrogens with zero attached hydrogens (tertiary/aromatic N) is 4. The molecule has 3 unspecified atom stereocenters. The summed E-state index contributed by atoms with van der Waals surface area (Å²) in [7, 11) is 0. The Morgan fingerprint density at radius 3 is 2.03 bits per heavy atom. The predicted molar refractivity (Wildman–Crippen MR) is 269 cm³/mol. The van der Waals surface area contributed by atoms with E-state index in [9.17, 15) is 0 Å². The first-order valence-electron chi connectivity index (χ1n) is 22.4. The Morgan fingerprint density at radius 2 is 1.22 bits per heavy atom. The van der Waals surface area contributed by atoms with Gasteiger partial charge < -0.3 is 18.9 Å². The number of amidine groups is 2. The van der Waals surface area contributed by atoms with Crippen molar-refractivity contribution in [3.63, 3.8) is 0 Å². The second-order valence-electron chi connectivity index (χ2n) is 17.4. The Bertz CT molecular complexity index is 4000. The highest BCUT2D eigenvalue weighted by Crippen LogP contribution is 2.42. The summed E-state index contributed by atoms with van der Waals surface area (Å²) in [6.07, 6.45) is 15.1. The fourth-order valence-corrected chi connectivity index (χ4v) is 10.6. The number of para-hydroxylation sites is 3. The van der Waals surface area contributed by atoms with Crippen molar-refractivity contribution >= 4 is 88.0 Å². The van der Waals surface area contributed by atoms with Gasteiger partial charge in [0.2, 0.25) is 0 Å². The molecule has 0 amide bonds. The summed E-state index contributed by atoms with van der Waals surface area (Å²) >= 11 is 0. The van der Waals surface area contributed by atoms with Crippen LogP contribution >= 0.6 is 0 Å². The fourth-order valence-electron chi connectivity index (χ4n) is 10.6. The van der Waals surface area contributed by atoms with Gasteiger partial charge >= 0.3 is 0 Å². The van der Waals surface area contributed by atoms with Gasteiger partial charge in [0.1, 0.15) is 23.2 Å². The molecule has 0 spiro atoms. The third-order valence-corrected chi connectivity index (χ3v) is 13.7. The van der Waals surface area contributed by atoms with Crippen molar-refractivity contribution in [3.05, 3.63) is 229 Å². The lowest BCUT2D eigenvalue weighted by Gasteiger charge is -2.27. The van der Waals surface area contributed by atoms with Crippen LogP contribution in [0.15, 0.2) is 232 Å². The van der Waals surface area contributed by atoms with E-state index in [4.69, 9.17) is 14.4 Å². The molecular weight excluding hydrogens is 795 g/mol. The minimum atomic E-state index is -0.418. The number of fused-ring (bicyclic) bond motifs is 11. The Kier molecular flexibility index (Phi) is 7.77. The van der Waals surface area contributed by atoms with Crippen LogP contribution in [0.3, 0.4) is 0 Å². The smallest absolute Gasteiger partial charge is 0.159 e. The maximum Gasteiger partial charge on any atom is 0.159 e. The monoisotopic (exact) mass is 833 g/mol. The molecule has 4 heterocycles. The zero-order valence-corrected chi connectivity index (χ0v) is 35.1. The van der Waals surface area contributed by atoms with Gasteiger partial charge in [-0.15, -0.1) is 0 Å². The van der Waals surface area contributed by atoms with E-state index in [2.05, 4.69) is 227 Å². The van der Waals surface area contributed by atoms with Crippen LogP contribution in [-0.4, -0.2) is 20.8 Å². The summed E-state index contributed by atoms with van der Waals surface area (Å²) < 4.78 is 11.6. The number of nitrogens with one attached hydrogen (secondary N) is 1. The molecule has 0 fully saturated rings. The standard InChI is InChI=1S/C59H39N5O/c1-2-17-42(18-3-1)63-50-22-10-8-19-44(50)48-34-49-45-20-9-11-23-51(45)64(53(49)35-52(48)63)43-29-30-46-55(33-43)65-54-24-12-21-47(56(46)54)59-61-57(40-27-25-36-13-4-6-15-38(36)31-40)60-58(62-59)41-28-26-37-14-5-7-16-39(37)32-41/h1-36,38,59H,(H,60,61,62). The molecule has 6 heteroatoms. The average molecular weight is 834 g/mol. The van der Waals surface area contributed by atoms with Gasteiger partial charge in [-0.1, -0.05) is 146 Å². The van der Waals surface area contributed by atoms with Gasteiger partial charge in [0, 0.05) is 78.3 Å². The van der Waals surface area contributed by atoms with E-state index in [0.29, 0.717) is 11.8 Å². The largest absolute Gasteiger partial charge is 0.456 e. The number of allylic oxidation sites excluding steroid dienone is 6. The first-order chi connectivity index (χ1) is 32.2. The molecule has 0 saturated carbocycles. The fraction of sp³-hybridized carbons (Fsp3) is 0.0508. The number of furan rings is 1. The molecule has 8 aromatic carbocycles. The lowest BCUT2D eigenvalue weighted by Crippen LogP contribution is -2.34. The number of hydrogen-bond acceptors (Lipinski definition) is 4. The third-order valence-electron chi connectivity index (χ3n) is 13.7. The van der Waals surface area contributed by atoms with Gasteiger partial charge in [-0.2, -0.15) is 0 Å². The highest BCUT2D eigenvalue weighted by molar-refractivity contribution is 6.20. The maximum atomic E-state index is 6.84. The van der Waals surface area contributed by atoms with Crippen LogP contribution in [0.5, 0.6) is 0 Å². The van der Waals surface area contributed by atoms with E-state index in [1.165, 1.54) is 43.4 Å². The number of rotatable bonds is 5. The molecule has 3 aliphatic rings. The number of aliphatic imine (C=N–C) groups is 2. The van der Waals surface area contributed by atoms with E-state index in [-0.39, 0.29) is 5.92 Å². The molecule has 65 heavy (non-hydrogen) atoms. The van der Waals surface area contributed by atoms with Crippen LogP contribution in [-0.2, 0) is 0 Å². The molecule has 3 atom stereocenters. The minimum absolute atomic E-state index is 0.264. The van der Waals surface area contributed by atoms with Crippen LogP contribution in [0, 0.1) is 11.8 Å². The average Bonchev–Trinajstić information content (AvgIpc) is 4.02. The molecule has 11 aromatic rings. The molecule has 0 radical (unpaired) electrons. The van der Waals surface area contributed by atoms with Crippen LogP contribution in [0.2, 0.25) is 0 Å². The normalized spacial score (nSPS) is 18.2. The van der Waals surface area contributed by atoms with Gasteiger partial charge in [0.05, 0.1) is 22.1 Å². The van der Waals surface area contributed by atoms with Crippen molar-refractivity contribution in [2.45, 2.75) is 6.17 Å². The topological polar surface area (TPSA) is 59.8 Å². The Morgan fingerprint density at radius 1 is 0.492 bits per heavy atom. The van der Waals surface area contributed by atoms with E-state index < -0.39 is 6.17 Å². The summed E-state index contributed by atoms with van der Waals surface area (Å²) in [6, 6.07) is 60.9. The van der Waals surface area contributed by atoms with Crippen LogP contribution in [0.1, 0.15) is 17.3 Å². The zero-order valence-electron chi connectivity index (χ0n) is 35.1. The Labute approximate surface area is 373 Å². The molecule has 306 valence electrons.